The maximum atomic E-state index is 12.9. The van der Waals surface area contributed by atoms with Gasteiger partial charge in [0.15, 0.2) is 0 Å². The predicted octanol–water partition coefficient (Wildman–Crippen LogP) is 2.41. The summed E-state index contributed by atoms with van der Waals surface area (Å²) in [5.74, 6) is -0.161. The van der Waals surface area contributed by atoms with E-state index in [4.69, 9.17) is 0 Å². The fourth-order valence-corrected chi connectivity index (χ4v) is 2.92. The minimum absolute atomic E-state index is 0.00251. The third-order valence-corrected chi connectivity index (χ3v) is 4.32. The Morgan fingerprint density at radius 1 is 1.35 bits per heavy atom. The molecule has 2 aromatic rings. The van der Waals surface area contributed by atoms with Crippen molar-refractivity contribution in [3.05, 3.63) is 57.8 Å². The van der Waals surface area contributed by atoms with Crippen molar-refractivity contribution < 1.29 is 13.9 Å². The van der Waals surface area contributed by atoms with Crippen molar-refractivity contribution in [3.8, 4) is 0 Å². The van der Waals surface area contributed by atoms with Crippen LogP contribution in [0.5, 0.6) is 0 Å². The third kappa shape index (κ3) is 4.66. The number of thioether (sulfide) groups is 1. The lowest BCUT2D eigenvalue weighted by molar-refractivity contribution is -0.139. The van der Waals surface area contributed by atoms with E-state index in [1.165, 1.54) is 41.8 Å². The van der Waals surface area contributed by atoms with Gasteiger partial charge in [-0.25, -0.2) is 9.07 Å². The minimum atomic E-state index is -0.414. The van der Waals surface area contributed by atoms with Gasteiger partial charge in [0.1, 0.15) is 5.82 Å². The molecule has 0 atom stereocenters. The highest BCUT2D eigenvalue weighted by atomic mass is 32.2. The van der Waals surface area contributed by atoms with Crippen LogP contribution in [0.25, 0.3) is 0 Å². The van der Waals surface area contributed by atoms with Crippen LogP contribution in [-0.4, -0.2) is 22.9 Å². The van der Waals surface area contributed by atoms with Gasteiger partial charge in [0.2, 0.25) is 0 Å². The van der Waals surface area contributed by atoms with Crippen molar-refractivity contribution in [2.24, 2.45) is 0 Å². The number of rotatable bonds is 6. The molecule has 2 rings (SSSR count). The molecule has 0 aliphatic rings. The smallest absolute Gasteiger partial charge is 0.311 e. The summed E-state index contributed by atoms with van der Waals surface area (Å²) in [6.07, 6.45) is 0.00251. The highest BCUT2D eigenvalue weighted by molar-refractivity contribution is 7.98. The number of aryl methyl sites for hydroxylation is 1. The lowest BCUT2D eigenvalue weighted by Crippen LogP contribution is -2.24. The Morgan fingerprint density at radius 2 is 2.04 bits per heavy atom. The number of hydrogen-bond donors (Lipinski definition) is 0. The molecular weight excluding hydrogens is 319 g/mol. The van der Waals surface area contributed by atoms with Crippen LogP contribution in [0.4, 0.5) is 4.39 Å². The first-order chi connectivity index (χ1) is 11.0. The fraction of sp³-hybridized carbons (Fsp3) is 0.312. The molecule has 0 amide bonds. The number of esters is 1. The van der Waals surface area contributed by atoms with Gasteiger partial charge in [0.05, 0.1) is 19.2 Å². The van der Waals surface area contributed by atoms with Crippen LogP contribution >= 0.6 is 11.8 Å². The van der Waals surface area contributed by atoms with Gasteiger partial charge in [-0.15, -0.1) is 11.8 Å². The van der Waals surface area contributed by atoms with Gasteiger partial charge in [0.25, 0.3) is 5.56 Å². The zero-order chi connectivity index (χ0) is 16.8. The minimum Gasteiger partial charge on any atom is -0.469 e. The molecule has 0 spiro atoms. The first kappa shape index (κ1) is 17.2. The Hall–Kier alpha value is -2.15. The Balaban J connectivity index is 2.24. The van der Waals surface area contributed by atoms with E-state index in [1.807, 2.05) is 6.92 Å². The molecule has 0 bridgehead atoms. The van der Waals surface area contributed by atoms with E-state index in [1.54, 1.807) is 12.1 Å². The van der Waals surface area contributed by atoms with Gasteiger partial charge in [0, 0.05) is 23.3 Å². The third-order valence-electron chi connectivity index (χ3n) is 3.18. The quantitative estimate of drug-likeness (QED) is 0.599. The second kappa shape index (κ2) is 7.92. The number of nitrogens with zero attached hydrogens (tertiary/aromatic N) is 2. The van der Waals surface area contributed by atoms with Crippen LogP contribution < -0.4 is 5.56 Å². The van der Waals surface area contributed by atoms with Crippen molar-refractivity contribution in [3.63, 3.8) is 0 Å². The zero-order valence-corrected chi connectivity index (χ0v) is 13.7. The molecule has 23 heavy (non-hydrogen) atoms. The standard InChI is InChI=1S/C16H17FN2O3S/c1-3-19-15(20)9-14(13(18-19)8-16(21)22-2)23-10-11-4-6-12(17)7-5-11/h4-7,9H,3,8,10H2,1-2H3. The largest absolute Gasteiger partial charge is 0.469 e. The average molecular weight is 336 g/mol. The first-order valence-electron chi connectivity index (χ1n) is 7.08. The lowest BCUT2D eigenvalue weighted by Gasteiger charge is -2.10. The topological polar surface area (TPSA) is 61.2 Å². The second-order valence-electron chi connectivity index (χ2n) is 4.78. The van der Waals surface area contributed by atoms with Crippen LogP contribution in [0, 0.1) is 5.82 Å². The Morgan fingerprint density at radius 3 is 2.65 bits per heavy atom. The number of carbonyl (C=O) groups is 1. The van der Waals surface area contributed by atoms with Gasteiger partial charge >= 0.3 is 5.97 Å². The maximum Gasteiger partial charge on any atom is 0.311 e. The molecule has 1 heterocycles. The van der Waals surface area contributed by atoms with Crippen LogP contribution in [-0.2, 0) is 28.2 Å². The van der Waals surface area contributed by atoms with E-state index in [9.17, 15) is 14.0 Å². The van der Waals surface area contributed by atoms with Crippen LogP contribution in [0.15, 0.2) is 40.0 Å². The molecule has 0 N–H and O–H groups in total. The average Bonchev–Trinajstić information content (AvgIpc) is 2.56. The summed E-state index contributed by atoms with van der Waals surface area (Å²) < 4.78 is 18.9. The molecule has 5 nitrogen and oxygen atoms in total. The molecule has 0 saturated heterocycles. The number of hydrogen-bond acceptors (Lipinski definition) is 5. The summed E-state index contributed by atoms with van der Waals surface area (Å²) in [5.41, 5.74) is 1.20. The van der Waals surface area contributed by atoms with Gasteiger partial charge < -0.3 is 4.74 Å². The second-order valence-corrected chi connectivity index (χ2v) is 5.79. The lowest BCUT2D eigenvalue weighted by atomic mass is 10.2. The van der Waals surface area contributed by atoms with Crippen molar-refractivity contribution in [1.29, 1.82) is 0 Å². The van der Waals surface area contributed by atoms with Crippen LogP contribution in [0.1, 0.15) is 18.2 Å². The molecule has 0 unspecified atom stereocenters. The normalized spacial score (nSPS) is 10.6. The highest BCUT2D eigenvalue weighted by Gasteiger charge is 2.13. The van der Waals surface area contributed by atoms with Gasteiger partial charge in [-0.3, -0.25) is 9.59 Å². The summed E-state index contributed by atoms with van der Waals surface area (Å²) in [6, 6.07) is 7.62. The monoisotopic (exact) mass is 336 g/mol. The maximum absolute atomic E-state index is 12.9. The molecule has 0 radical (unpaired) electrons. The number of ether oxygens (including phenoxy) is 1. The van der Waals surface area contributed by atoms with E-state index < -0.39 is 5.97 Å². The van der Waals surface area contributed by atoms with E-state index in [-0.39, 0.29) is 17.8 Å². The molecule has 0 aliphatic heterocycles. The highest BCUT2D eigenvalue weighted by Crippen LogP contribution is 2.24. The summed E-state index contributed by atoms with van der Waals surface area (Å²) in [5, 5.41) is 4.23. The summed E-state index contributed by atoms with van der Waals surface area (Å²) in [7, 11) is 1.31. The van der Waals surface area contributed by atoms with E-state index in [2.05, 4.69) is 9.84 Å². The summed E-state index contributed by atoms with van der Waals surface area (Å²) in [6.45, 7) is 2.23. The Labute approximate surface area is 137 Å². The molecule has 0 fully saturated rings. The van der Waals surface area contributed by atoms with E-state index in [0.717, 1.165) is 5.56 Å². The Bertz CT molecular complexity index is 744. The van der Waals surface area contributed by atoms with Gasteiger partial charge in [-0.2, -0.15) is 5.10 Å². The van der Waals surface area contributed by atoms with E-state index in [0.29, 0.717) is 22.9 Å². The molecule has 0 aliphatic carbocycles. The Kier molecular flexibility index (Phi) is 5.92. The summed E-state index contributed by atoms with van der Waals surface area (Å²) >= 11 is 1.39. The van der Waals surface area contributed by atoms with Gasteiger partial charge in [-0.1, -0.05) is 12.1 Å². The molecule has 7 heteroatoms. The molecular formula is C16H17FN2O3S. The number of carbonyl (C=O) groups excluding carboxylic acids is 1. The van der Waals surface area contributed by atoms with Crippen molar-refractivity contribution >= 4 is 17.7 Å². The van der Waals surface area contributed by atoms with Crippen molar-refractivity contribution in [1.82, 2.24) is 9.78 Å². The molecule has 0 saturated carbocycles. The molecule has 122 valence electrons. The van der Waals surface area contributed by atoms with Crippen LogP contribution in [0.3, 0.4) is 0 Å². The fourth-order valence-electron chi connectivity index (χ4n) is 1.94. The number of benzene rings is 1. The first-order valence-corrected chi connectivity index (χ1v) is 8.07. The SMILES string of the molecule is CCn1nc(CC(=O)OC)c(SCc2ccc(F)cc2)cc1=O. The van der Waals surface area contributed by atoms with Gasteiger partial charge in [-0.05, 0) is 24.6 Å². The molecule has 1 aromatic carbocycles. The zero-order valence-electron chi connectivity index (χ0n) is 12.9. The van der Waals surface area contributed by atoms with E-state index >= 15 is 0 Å². The van der Waals surface area contributed by atoms with Crippen molar-refractivity contribution in [2.75, 3.05) is 7.11 Å². The number of halogens is 1. The molecule has 1 aromatic heterocycles. The number of methoxy groups -OCH3 is 1. The number of aromatic nitrogens is 2. The van der Waals surface area contributed by atoms with Crippen LogP contribution in [0.2, 0.25) is 0 Å². The predicted molar refractivity (Wildman–Crippen MR) is 85.9 cm³/mol. The van der Waals surface area contributed by atoms with Crippen molar-refractivity contribution in [2.45, 2.75) is 30.5 Å². The summed E-state index contributed by atoms with van der Waals surface area (Å²) in [4.78, 5) is 24.1.